The number of likely N-dealkylation sites (N-methyl/N-ethyl adjacent to an activating group) is 1. The number of hydrogen-bond acceptors (Lipinski definition) is 4. The van der Waals surface area contributed by atoms with Gasteiger partial charge in [-0.3, -0.25) is 9.59 Å². The molecule has 0 spiro atoms. The number of nitrogens with zero attached hydrogens (tertiary/aromatic N) is 2. The quantitative estimate of drug-likeness (QED) is 0.798. The van der Waals surface area contributed by atoms with Gasteiger partial charge in [0.1, 0.15) is 11.5 Å². The molecule has 1 heterocycles. The summed E-state index contributed by atoms with van der Waals surface area (Å²) in [5, 5.41) is 0. The van der Waals surface area contributed by atoms with E-state index in [1.165, 1.54) is 30.2 Å². The Balaban J connectivity index is 1.72. The Kier molecular flexibility index (Phi) is 5.87. The fourth-order valence-electron chi connectivity index (χ4n) is 3.63. The molecule has 0 aliphatic carbocycles. The van der Waals surface area contributed by atoms with Crippen molar-refractivity contribution in [2.45, 2.75) is 19.4 Å². The van der Waals surface area contributed by atoms with Crippen molar-refractivity contribution in [1.29, 1.82) is 0 Å². The highest BCUT2D eigenvalue weighted by Crippen LogP contribution is 2.29. The standard InChI is InChI=1S/C22H26N2O4/c1-15-20-8-6-5-7-16(20)9-10-24(15)21(25)14-23(2)22(26)17-11-18(27-3)13-19(12-17)28-4/h5-8,11-13,15H,9-10,14H2,1-4H3. The molecule has 0 aromatic heterocycles. The lowest BCUT2D eigenvalue weighted by atomic mass is 9.93. The van der Waals surface area contributed by atoms with Crippen molar-refractivity contribution in [3.8, 4) is 11.5 Å². The third-order valence-electron chi connectivity index (χ3n) is 5.23. The summed E-state index contributed by atoms with van der Waals surface area (Å²) in [4.78, 5) is 29.0. The van der Waals surface area contributed by atoms with E-state index in [1.807, 2.05) is 24.0 Å². The van der Waals surface area contributed by atoms with Gasteiger partial charge < -0.3 is 19.3 Å². The monoisotopic (exact) mass is 382 g/mol. The van der Waals surface area contributed by atoms with Gasteiger partial charge in [-0.1, -0.05) is 24.3 Å². The van der Waals surface area contributed by atoms with Crippen LogP contribution in [0, 0.1) is 0 Å². The third-order valence-corrected chi connectivity index (χ3v) is 5.23. The van der Waals surface area contributed by atoms with Gasteiger partial charge in [-0.15, -0.1) is 0 Å². The zero-order chi connectivity index (χ0) is 20.3. The van der Waals surface area contributed by atoms with Crippen LogP contribution in [0.2, 0.25) is 0 Å². The van der Waals surface area contributed by atoms with Crippen LogP contribution in [0.15, 0.2) is 42.5 Å². The smallest absolute Gasteiger partial charge is 0.254 e. The third kappa shape index (κ3) is 3.96. The van der Waals surface area contributed by atoms with Gasteiger partial charge in [0.2, 0.25) is 5.91 Å². The maximum Gasteiger partial charge on any atom is 0.254 e. The van der Waals surface area contributed by atoms with E-state index in [9.17, 15) is 9.59 Å². The maximum atomic E-state index is 12.9. The Bertz CT molecular complexity index is 858. The van der Waals surface area contributed by atoms with Crippen LogP contribution in [-0.4, -0.2) is 56.0 Å². The van der Waals surface area contributed by atoms with E-state index >= 15 is 0 Å². The summed E-state index contributed by atoms with van der Waals surface area (Å²) in [6.45, 7) is 2.71. The molecule has 0 saturated carbocycles. The molecule has 1 aliphatic heterocycles. The van der Waals surface area contributed by atoms with Gasteiger partial charge in [0, 0.05) is 25.2 Å². The van der Waals surface area contributed by atoms with Crippen molar-refractivity contribution in [3.63, 3.8) is 0 Å². The van der Waals surface area contributed by atoms with Crippen molar-refractivity contribution >= 4 is 11.8 Å². The molecule has 148 valence electrons. The second-order valence-corrected chi connectivity index (χ2v) is 6.97. The summed E-state index contributed by atoms with van der Waals surface area (Å²) < 4.78 is 10.4. The molecule has 0 radical (unpaired) electrons. The van der Waals surface area contributed by atoms with Gasteiger partial charge in [-0.2, -0.15) is 0 Å². The Hall–Kier alpha value is -3.02. The maximum absolute atomic E-state index is 12.9. The zero-order valence-electron chi connectivity index (χ0n) is 16.8. The van der Waals surface area contributed by atoms with E-state index in [1.54, 1.807) is 25.2 Å². The number of hydrogen-bond donors (Lipinski definition) is 0. The van der Waals surface area contributed by atoms with Crippen molar-refractivity contribution in [2.75, 3.05) is 34.4 Å². The van der Waals surface area contributed by atoms with E-state index in [0.717, 1.165) is 6.42 Å². The molecule has 1 unspecified atom stereocenters. The fourth-order valence-corrected chi connectivity index (χ4v) is 3.63. The number of ether oxygens (including phenoxy) is 2. The van der Waals surface area contributed by atoms with Crippen LogP contribution in [-0.2, 0) is 11.2 Å². The highest BCUT2D eigenvalue weighted by atomic mass is 16.5. The topological polar surface area (TPSA) is 59.1 Å². The van der Waals surface area contributed by atoms with Crippen LogP contribution in [0.25, 0.3) is 0 Å². The molecule has 6 heteroatoms. The summed E-state index contributed by atoms with van der Waals surface area (Å²) in [7, 11) is 4.70. The Morgan fingerprint density at radius 3 is 2.39 bits per heavy atom. The number of methoxy groups -OCH3 is 2. The lowest BCUT2D eigenvalue weighted by Gasteiger charge is -2.36. The predicted molar refractivity (Wildman–Crippen MR) is 107 cm³/mol. The molecule has 0 fully saturated rings. The van der Waals surface area contributed by atoms with Crippen LogP contribution in [0.3, 0.4) is 0 Å². The van der Waals surface area contributed by atoms with Crippen LogP contribution in [0.5, 0.6) is 11.5 Å². The highest BCUT2D eigenvalue weighted by molar-refractivity contribution is 5.97. The Morgan fingerprint density at radius 2 is 1.75 bits per heavy atom. The lowest BCUT2D eigenvalue weighted by Crippen LogP contribution is -2.45. The molecule has 1 aliphatic rings. The average molecular weight is 382 g/mol. The summed E-state index contributed by atoms with van der Waals surface area (Å²) in [5.41, 5.74) is 2.88. The molecular weight excluding hydrogens is 356 g/mol. The minimum absolute atomic E-state index is 0.00198. The molecule has 0 saturated heterocycles. The molecule has 1 atom stereocenters. The van der Waals surface area contributed by atoms with Crippen LogP contribution < -0.4 is 9.47 Å². The molecule has 0 N–H and O–H groups in total. The van der Waals surface area contributed by atoms with Gasteiger partial charge in [0.05, 0.1) is 26.8 Å². The van der Waals surface area contributed by atoms with Crippen LogP contribution in [0.4, 0.5) is 0 Å². The molecular formula is C22H26N2O4. The number of carbonyl (C=O) groups excluding carboxylic acids is 2. The van der Waals surface area contributed by atoms with Gasteiger partial charge in [-0.25, -0.2) is 0 Å². The summed E-state index contributed by atoms with van der Waals surface area (Å²) in [6, 6.07) is 13.2. The number of rotatable bonds is 5. The van der Waals surface area contributed by atoms with Gasteiger partial charge in [0.25, 0.3) is 5.91 Å². The number of fused-ring (bicyclic) bond motifs is 1. The normalized spacial score (nSPS) is 15.6. The molecule has 2 amide bonds. The number of amides is 2. The van der Waals surface area contributed by atoms with E-state index in [0.29, 0.717) is 23.6 Å². The van der Waals surface area contributed by atoms with E-state index in [4.69, 9.17) is 9.47 Å². The Morgan fingerprint density at radius 1 is 1.11 bits per heavy atom. The minimum Gasteiger partial charge on any atom is -0.497 e. The summed E-state index contributed by atoms with van der Waals surface area (Å²) >= 11 is 0. The summed E-state index contributed by atoms with van der Waals surface area (Å²) in [5.74, 6) is 0.746. The average Bonchev–Trinajstić information content (AvgIpc) is 2.72. The first-order valence-electron chi connectivity index (χ1n) is 9.30. The molecule has 3 rings (SSSR count). The van der Waals surface area contributed by atoms with E-state index in [2.05, 4.69) is 12.1 Å². The molecule has 2 aromatic rings. The largest absolute Gasteiger partial charge is 0.497 e. The second kappa shape index (κ2) is 8.33. The lowest BCUT2D eigenvalue weighted by molar-refractivity contribution is -0.134. The summed E-state index contributed by atoms with van der Waals surface area (Å²) in [6.07, 6.45) is 0.830. The van der Waals surface area contributed by atoms with Crippen LogP contribution >= 0.6 is 0 Å². The van der Waals surface area contributed by atoms with Crippen molar-refractivity contribution in [1.82, 2.24) is 9.80 Å². The number of carbonyl (C=O) groups is 2. The Labute approximate surface area is 165 Å². The minimum atomic E-state index is -0.254. The first-order chi connectivity index (χ1) is 13.4. The van der Waals surface area contributed by atoms with Gasteiger partial charge >= 0.3 is 0 Å². The van der Waals surface area contributed by atoms with E-state index in [-0.39, 0.29) is 24.4 Å². The van der Waals surface area contributed by atoms with Crippen molar-refractivity contribution in [3.05, 3.63) is 59.2 Å². The molecule has 28 heavy (non-hydrogen) atoms. The predicted octanol–water partition coefficient (Wildman–Crippen LogP) is 2.92. The second-order valence-electron chi connectivity index (χ2n) is 6.97. The molecule has 2 aromatic carbocycles. The highest BCUT2D eigenvalue weighted by Gasteiger charge is 2.28. The van der Waals surface area contributed by atoms with Gasteiger partial charge in [-0.05, 0) is 36.6 Å². The number of benzene rings is 2. The first kappa shape index (κ1) is 19.7. The zero-order valence-corrected chi connectivity index (χ0v) is 16.8. The van der Waals surface area contributed by atoms with Gasteiger partial charge in [0.15, 0.2) is 0 Å². The first-order valence-corrected chi connectivity index (χ1v) is 9.30. The molecule has 0 bridgehead atoms. The van der Waals surface area contributed by atoms with Crippen molar-refractivity contribution < 1.29 is 19.1 Å². The molecule has 6 nitrogen and oxygen atoms in total. The van der Waals surface area contributed by atoms with E-state index < -0.39 is 0 Å². The van der Waals surface area contributed by atoms with Crippen LogP contribution in [0.1, 0.15) is 34.5 Å². The SMILES string of the molecule is COc1cc(OC)cc(C(=O)N(C)CC(=O)N2CCc3ccccc3C2C)c1. The fraction of sp³-hybridized carbons (Fsp3) is 0.364. The van der Waals surface area contributed by atoms with Crippen molar-refractivity contribution in [2.24, 2.45) is 0 Å².